The molecule has 0 aliphatic heterocycles. The third-order valence-corrected chi connectivity index (χ3v) is 4.22. The smallest absolute Gasteiger partial charge is 0.308 e. The molecule has 0 fully saturated rings. The fraction of sp³-hybridized carbons (Fsp3) is 0.211. The van der Waals surface area contributed by atoms with Crippen LogP contribution in [0, 0.1) is 6.92 Å². The van der Waals surface area contributed by atoms with Crippen molar-refractivity contribution in [3.05, 3.63) is 58.7 Å². The zero-order chi connectivity index (χ0) is 17.3. The SMILES string of the molecule is COc1ccc2c(c1)c(OC(C)=O)c(C)n2Cc1ccc(Cl)cc1. The minimum atomic E-state index is -0.341. The van der Waals surface area contributed by atoms with Gasteiger partial charge in [0, 0.05) is 23.9 Å². The standard InChI is InChI=1S/C19H18ClNO3/c1-12-19(24-13(2)22)17-10-16(23-3)8-9-18(17)21(12)11-14-4-6-15(20)7-5-14/h4-10H,11H2,1-3H3. The van der Waals surface area contributed by atoms with E-state index in [1.54, 1.807) is 7.11 Å². The van der Waals surface area contributed by atoms with Crippen LogP contribution in [0.3, 0.4) is 0 Å². The van der Waals surface area contributed by atoms with Gasteiger partial charge in [-0.15, -0.1) is 0 Å². The van der Waals surface area contributed by atoms with Crippen LogP contribution in [0.15, 0.2) is 42.5 Å². The lowest BCUT2D eigenvalue weighted by molar-refractivity contribution is -0.131. The Morgan fingerprint density at radius 2 is 1.88 bits per heavy atom. The number of hydrogen-bond acceptors (Lipinski definition) is 3. The number of halogens is 1. The molecule has 0 bridgehead atoms. The molecule has 0 radical (unpaired) electrons. The minimum Gasteiger partial charge on any atom is -0.497 e. The first-order valence-corrected chi connectivity index (χ1v) is 7.97. The summed E-state index contributed by atoms with van der Waals surface area (Å²) in [5.74, 6) is 0.955. The normalized spacial score (nSPS) is 10.8. The minimum absolute atomic E-state index is 0.341. The van der Waals surface area contributed by atoms with E-state index in [0.717, 1.165) is 27.9 Å². The molecular weight excluding hydrogens is 326 g/mol. The zero-order valence-electron chi connectivity index (χ0n) is 13.8. The van der Waals surface area contributed by atoms with Crippen LogP contribution in [0.5, 0.6) is 11.5 Å². The second-order valence-electron chi connectivity index (χ2n) is 5.60. The summed E-state index contributed by atoms with van der Waals surface area (Å²) >= 11 is 5.96. The number of carbonyl (C=O) groups is 1. The zero-order valence-corrected chi connectivity index (χ0v) is 14.6. The Morgan fingerprint density at radius 1 is 1.17 bits per heavy atom. The predicted molar refractivity (Wildman–Crippen MR) is 95.1 cm³/mol. The van der Waals surface area contributed by atoms with Crippen molar-refractivity contribution >= 4 is 28.5 Å². The van der Waals surface area contributed by atoms with Gasteiger partial charge in [-0.3, -0.25) is 4.79 Å². The van der Waals surface area contributed by atoms with Crippen LogP contribution in [0.1, 0.15) is 18.2 Å². The summed E-state index contributed by atoms with van der Waals surface area (Å²) in [4.78, 5) is 11.5. The molecule has 1 aromatic heterocycles. The van der Waals surface area contributed by atoms with Gasteiger partial charge in [0.15, 0.2) is 5.75 Å². The third-order valence-electron chi connectivity index (χ3n) is 3.97. The number of methoxy groups -OCH3 is 1. The molecule has 0 aliphatic rings. The second-order valence-corrected chi connectivity index (χ2v) is 6.04. The number of aromatic nitrogens is 1. The Bertz CT molecular complexity index is 897. The summed E-state index contributed by atoms with van der Waals surface area (Å²) in [6.07, 6.45) is 0. The fourth-order valence-corrected chi connectivity index (χ4v) is 2.93. The van der Waals surface area contributed by atoms with Crippen LogP contribution in [0.2, 0.25) is 5.02 Å². The van der Waals surface area contributed by atoms with Gasteiger partial charge < -0.3 is 14.0 Å². The van der Waals surface area contributed by atoms with Crippen molar-refractivity contribution in [3.63, 3.8) is 0 Å². The van der Waals surface area contributed by atoms with Crippen LogP contribution in [-0.4, -0.2) is 17.6 Å². The molecule has 0 atom stereocenters. The lowest BCUT2D eigenvalue weighted by Gasteiger charge is -2.09. The maximum atomic E-state index is 11.5. The summed E-state index contributed by atoms with van der Waals surface area (Å²) in [7, 11) is 1.62. The number of fused-ring (bicyclic) bond motifs is 1. The van der Waals surface area contributed by atoms with Gasteiger partial charge in [-0.25, -0.2) is 0 Å². The quantitative estimate of drug-likeness (QED) is 0.651. The second kappa shape index (κ2) is 6.57. The molecule has 0 saturated heterocycles. The van der Waals surface area contributed by atoms with Gasteiger partial charge in [-0.05, 0) is 42.8 Å². The number of esters is 1. The van der Waals surface area contributed by atoms with Gasteiger partial charge in [-0.1, -0.05) is 23.7 Å². The molecule has 0 aliphatic carbocycles. The van der Waals surface area contributed by atoms with E-state index >= 15 is 0 Å². The van der Waals surface area contributed by atoms with E-state index in [9.17, 15) is 4.79 Å². The van der Waals surface area contributed by atoms with Crippen LogP contribution in [0.25, 0.3) is 10.9 Å². The first-order valence-electron chi connectivity index (χ1n) is 7.59. The van der Waals surface area contributed by atoms with Crippen LogP contribution in [-0.2, 0) is 11.3 Å². The molecule has 0 saturated carbocycles. The molecule has 3 rings (SSSR count). The van der Waals surface area contributed by atoms with Crippen LogP contribution >= 0.6 is 11.6 Å². The van der Waals surface area contributed by atoms with Gasteiger partial charge >= 0.3 is 5.97 Å². The molecule has 0 spiro atoms. The Kier molecular flexibility index (Phi) is 4.49. The molecule has 124 valence electrons. The lowest BCUT2D eigenvalue weighted by Crippen LogP contribution is -2.05. The van der Waals surface area contributed by atoms with E-state index < -0.39 is 0 Å². The Balaban J connectivity index is 2.14. The number of nitrogens with zero attached hydrogens (tertiary/aromatic N) is 1. The van der Waals surface area contributed by atoms with Gasteiger partial charge in [0.1, 0.15) is 5.75 Å². The van der Waals surface area contributed by atoms with Crippen molar-refractivity contribution in [2.45, 2.75) is 20.4 Å². The van der Waals surface area contributed by atoms with Crippen molar-refractivity contribution in [1.82, 2.24) is 4.57 Å². The number of rotatable bonds is 4. The number of carbonyl (C=O) groups excluding carboxylic acids is 1. The van der Waals surface area contributed by atoms with Crippen LogP contribution in [0.4, 0.5) is 0 Å². The molecule has 0 N–H and O–H groups in total. The van der Waals surface area contributed by atoms with Gasteiger partial charge in [-0.2, -0.15) is 0 Å². The molecule has 0 unspecified atom stereocenters. The lowest BCUT2D eigenvalue weighted by atomic mass is 10.2. The molecule has 0 amide bonds. The summed E-state index contributed by atoms with van der Waals surface area (Å²) < 4.78 is 12.9. The number of benzene rings is 2. The average molecular weight is 344 g/mol. The Morgan fingerprint density at radius 3 is 2.50 bits per heavy atom. The predicted octanol–water partition coefficient (Wildman–Crippen LogP) is 4.59. The van der Waals surface area contributed by atoms with Crippen LogP contribution < -0.4 is 9.47 Å². The van der Waals surface area contributed by atoms with Crippen molar-refractivity contribution in [2.24, 2.45) is 0 Å². The monoisotopic (exact) mass is 343 g/mol. The number of hydrogen-bond donors (Lipinski definition) is 0. The van der Waals surface area contributed by atoms with Gasteiger partial charge in [0.05, 0.1) is 18.3 Å². The highest BCUT2D eigenvalue weighted by Crippen LogP contribution is 2.36. The average Bonchev–Trinajstić information content (AvgIpc) is 2.81. The fourth-order valence-electron chi connectivity index (χ4n) is 2.81. The maximum Gasteiger partial charge on any atom is 0.308 e. The highest BCUT2D eigenvalue weighted by atomic mass is 35.5. The van der Waals surface area contributed by atoms with Gasteiger partial charge in [0.2, 0.25) is 0 Å². The first kappa shape index (κ1) is 16.4. The van der Waals surface area contributed by atoms with Crippen molar-refractivity contribution in [1.29, 1.82) is 0 Å². The highest BCUT2D eigenvalue weighted by molar-refractivity contribution is 6.30. The summed E-state index contributed by atoms with van der Waals surface area (Å²) in [5.41, 5.74) is 2.99. The van der Waals surface area contributed by atoms with Gasteiger partial charge in [0.25, 0.3) is 0 Å². The molecule has 2 aromatic carbocycles. The van der Waals surface area contributed by atoms with E-state index in [1.165, 1.54) is 6.92 Å². The number of ether oxygens (including phenoxy) is 2. The largest absolute Gasteiger partial charge is 0.497 e. The first-order chi connectivity index (χ1) is 11.5. The van der Waals surface area contributed by atoms with E-state index in [0.29, 0.717) is 17.3 Å². The summed E-state index contributed by atoms with van der Waals surface area (Å²) in [6.45, 7) is 4.01. The molecule has 24 heavy (non-hydrogen) atoms. The van der Waals surface area contributed by atoms with E-state index in [4.69, 9.17) is 21.1 Å². The molecule has 4 nitrogen and oxygen atoms in total. The molecule has 1 heterocycles. The van der Waals surface area contributed by atoms with E-state index in [-0.39, 0.29) is 5.97 Å². The maximum absolute atomic E-state index is 11.5. The molecule has 3 aromatic rings. The Labute approximate surface area is 145 Å². The third kappa shape index (κ3) is 3.10. The Hall–Kier alpha value is -2.46. The molecular formula is C19H18ClNO3. The van der Waals surface area contributed by atoms with Crippen molar-refractivity contribution in [2.75, 3.05) is 7.11 Å². The molecule has 5 heteroatoms. The topological polar surface area (TPSA) is 40.5 Å². The van der Waals surface area contributed by atoms with Crippen molar-refractivity contribution in [3.8, 4) is 11.5 Å². The summed E-state index contributed by atoms with van der Waals surface area (Å²) in [6, 6.07) is 13.5. The van der Waals surface area contributed by atoms with Crippen molar-refractivity contribution < 1.29 is 14.3 Å². The van der Waals surface area contributed by atoms with E-state index in [2.05, 4.69) is 4.57 Å². The van der Waals surface area contributed by atoms with E-state index in [1.807, 2.05) is 49.4 Å². The highest BCUT2D eigenvalue weighted by Gasteiger charge is 2.18. The summed E-state index contributed by atoms with van der Waals surface area (Å²) in [5, 5.41) is 1.56.